The predicted octanol–water partition coefficient (Wildman–Crippen LogP) is 7.45. The third-order valence-corrected chi connectivity index (χ3v) is 7.26. The molecule has 0 aliphatic carbocycles. The first-order chi connectivity index (χ1) is 13.9. The van der Waals surface area contributed by atoms with E-state index < -0.39 is 15.4 Å². The highest BCUT2D eigenvalue weighted by molar-refractivity contribution is 7.86. The Morgan fingerprint density at radius 3 is 1.21 bits per heavy atom. The number of hydrogen-bond acceptors (Lipinski definition) is 3. The summed E-state index contributed by atoms with van der Waals surface area (Å²) in [6.45, 7) is 4.05. The highest BCUT2D eigenvalue weighted by Crippen LogP contribution is 2.19. The maximum atomic E-state index is 11.6. The van der Waals surface area contributed by atoms with Gasteiger partial charge in [-0.1, -0.05) is 116 Å². The molecule has 0 aromatic heterocycles. The molecule has 0 radical (unpaired) electrons. The van der Waals surface area contributed by atoms with Crippen molar-refractivity contribution in [1.29, 1.82) is 0 Å². The molecule has 0 fully saturated rings. The van der Waals surface area contributed by atoms with Crippen LogP contribution in [0.1, 0.15) is 142 Å². The molecule has 0 aliphatic rings. The second-order valence-corrected chi connectivity index (χ2v) is 10.7. The van der Waals surface area contributed by atoms with E-state index in [4.69, 9.17) is 0 Å². The Morgan fingerprint density at radius 1 is 0.586 bits per heavy atom. The Hall–Kier alpha value is -0.130. The summed E-state index contributed by atoms with van der Waals surface area (Å²) in [5.74, 6) is 0. The van der Waals surface area contributed by atoms with Crippen LogP contribution in [0.15, 0.2) is 0 Å². The predicted molar refractivity (Wildman–Crippen MR) is 125 cm³/mol. The van der Waals surface area contributed by atoms with Gasteiger partial charge in [0.05, 0.1) is 11.4 Å². The number of rotatable bonds is 22. The molecular formula is C24H50O4S. The van der Waals surface area contributed by atoms with Crippen molar-refractivity contribution in [3.63, 3.8) is 0 Å². The second-order valence-electron chi connectivity index (χ2n) is 9.01. The van der Waals surface area contributed by atoms with Gasteiger partial charge in [-0.25, -0.2) is 0 Å². The zero-order valence-corrected chi connectivity index (χ0v) is 20.2. The summed E-state index contributed by atoms with van der Waals surface area (Å²) in [5, 5.41) is 8.65. The molecule has 176 valence electrons. The van der Waals surface area contributed by atoms with Crippen molar-refractivity contribution in [3.8, 4) is 0 Å². The topological polar surface area (TPSA) is 74.6 Å². The minimum atomic E-state index is -3.93. The first-order valence-corrected chi connectivity index (χ1v) is 14.0. The van der Waals surface area contributed by atoms with E-state index in [1.165, 1.54) is 70.6 Å². The summed E-state index contributed by atoms with van der Waals surface area (Å²) < 4.78 is 32.7. The van der Waals surface area contributed by atoms with Crippen LogP contribution in [0.25, 0.3) is 0 Å². The molecule has 0 bridgehead atoms. The Morgan fingerprint density at radius 2 is 0.897 bits per heavy atom. The van der Waals surface area contributed by atoms with E-state index in [9.17, 15) is 18.1 Å². The van der Waals surface area contributed by atoms with Crippen LogP contribution in [-0.2, 0) is 10.1 Å². The van der Waals surface area contributed by atoms with Gasteiger partial charge in [0.2, 0.25) is 0 Å². The molecule has 2 N–H and O–H groups in total. The van der Waals surface area contributed by atoms with Crippen molar-refractivity contribution < 1.29 is 18.1 Å². The number of aliphatic hydroxyl groups is 1. The van der Waals surface area contributed by atoms with Gasteiger partial charge in [0.1, 0.15) is 0 Å². The van der Waals surface area contributed by atoms with Gasteiger partial charge in [0.25, 0.3) is 10.1 Å². The molecule has 0 amide bonds. The van der Waals surface area contributed by atoms with Gasteiger partial charge >= 0.3 is 0 Å². The summed E-state index contributed by atoms with van der Waals surface area (Å²) in [6.07, 6.45) is 22.1. The molecule has 5 heteroatoms. The molecule has 0 saturated carbocycles. The van der Waals surface area contributed by atoms with Crippen LogP contribution in [-0.4, -0.2) is 29.4 Å². The summed E-state index contributed by atoms with van der Waals surface area (Å²) >= 11 is 0. The Labute approximate surface area is 182 Å². The zero-order valence-electron chi connectivity index (χ0n) is 19.4. The smallest absolute Gasteiger partial charge is 0.267 e. The molecule has 0 rings (SSSR count). The van der Waals surface area contributed by atoms with Crippen LogP contribution in [0.4, 0.5) is 0 Å². The Kier molecular flexibility index (Phi) is 19.7. The van der Waals surface area contributed by atoms with E-state index in [1.54, 1.807) is 6.92 Å². The maximum absolute atomic E-state index is 11.6. The molecule has 0 aromatic rings. The summed E-state index contributed by atoms with van der Waals surface area (Å²) in [5.41, 5.74) is 0. The van der Waals surface area contributed by atoms with Crippen LogP contribution < -0.4 is 0 Å². The quantitative estimate of drug-likeness (QED) is 0.137. The second kappa shape index (κ2) is 19.8. The van der Waals surface area contributed by atoms with Crippen molar-refractivity contribution >= 4 is 10.1 Å². The van der Waals surface area contributed by atoms with Gasteiger partial charge in [-0.05, 0) is 26.2 Å². The third kappa shape index (κ3) is 20.9. The fourth-order valence-electron chi connectivity index (χ4n) is 4.00. The van der Waals surface area contributed by atoms with Crippen LogP contribution in [0, 0.1) is 0 Å². The molecule has 4 nitrogen and oxygen atoms in total. The molecule has 2 atom stereocenters. The monoisotopic (exact) mass is 434 g/mol. The SMILES string of the molecule is CCCCCCCCCCCCCCCC(CCCCCCC(C)O)S(=O)(=O)O. The van der Waals surface area contributed by atoms with E-state index in [0.717, 1.165) is 44.9 Å². The van der Waals surface area contributed by atoms with Crippen LogP contribution >= 0.6 is 0 Å². The lowest BCUT2D eigenvalue weighted by Gasteiger charge is -2.14. The maximum Gasteiger partial charge on any atom is 0.267 e. The van der Waals surface area contributed by atoms with E-state index >= 15 is 0 Å². The average molecular weight is 435 g/mol. The fraction of sp³-hybridized carbons (Fsp3) is 1.00. The van der Waals surface area contributed by atoms with Gasteiger partial charge < -0.3 is 5.11 Å². The number of unbranched alkanes of at least 4 members (excludes halogenated alkanes) is 15. The van der Waals surface area contributed by atoms with Gasteiger partial charge in [-0.3, -0.25) is 4.55 Å². The van der Waals surface area contributed by atoms with E-state index in [1.807, 2.05) is 0 Å². The van der Waals surface area contributed by atoms with Gasteiger partial charge in [-0.2, -0.15) is 8.42 Å². The van der Waals surface area contributed by atoms with E-state index in [-0.39, 0.29) is 6.10 Å². The molecule has 0 spiro atoms. The normalized spacial score (nSPS) is 14.2. The lowest BCUT2D eigenvalue weighted by Crippen LogP contribution is -2.20. The number of hydrogen-bond donors (Lipinski definition) is 2. The molecular weight excluding hydrogens is 384 g/mol. The zero-order chi connectivity index (χ0) is 21.8. The van der Waals surface area contributed by atoms with Gasteiger partial charge in [0.15, 0.2) is 0 Å². The van der Waals surface area contributed by atoms with Crippen molar-refractivity contribution in [2.45, 2.75) is 154 Å². The summed E-state index contributed by atoms with van der Waals surface area (Å²) in [7, 11) is -3.93. The number of aliphatic hydroxyl groups excluding tert-OH is 1. The van der Waals surface area contributed by atoms with Crippen LogP contribution in [0.5, 0.6) is 0 Å². The molecule has 0 aromatic carbocycles. The van der Waals surface area contributed by atoms with Crippen LogP contribution in [0.3, 0.4) is 0 Å². The first kappa shape index (κ1) is 28.9. The van der Waals surface area contributed by atoms with E-state index in [0.29, 0.717) is 12.8 Å². The lowest BCUT2D eigenvalue weighted by molar-refractivity contribution is 0.180. The summed E-state index contributed by atoms with van der Waals surface area (Å²) in [6, 6.07) is 0. The largest absolute Gasteiger partial charge is 0.393 e. The lowest BCUT2D eigenvalue weighted by atomic mass is 10.0. The minimum Gasteiger partial charge on any atom is -0.393 e. The highest BCUT2D eigenvalue weighted by Gasteiger charge is 2.21. The van der Waals surface area contributed by atoms with Crippen molar-refractivity contribution in [2.24, 2.45) is 0 Å². The van der Waals surface area contributed by atoms with Crippen LogP contribution in [0.2, 0.25) is 0 Å². The van der Waals surface area contributed by atoms with Crippen molar-refractivity contribution in [1.82, 2.24) is 0 Å². The van der Waals surface area contributed by atoms with Gasteiger partial charge in [-0.15, -0.1) is 0 Å². The standard InChI is InChI=1S/C24H50O4S/c1-3-4-5-6-7-8-9-10-11-12-13-14-18-21-24(29(26,27)28)22-19-16-15-17-20-23(2)25/h23-25H,3-22H2,1-2H3,(H,26,27,28). The molecule has 2 unspecified atom stereocenters. The van der Waals surface area contributed by atoms with Crippen molar-refractivity contribution in [2.75, 3.05) is 0 Å². The third-order valence-electron chi connectivity index (χ3n) is 5.95. The fourth-order valence-corrected chi connectivity index (χ4v) is 4.93. The average Bonchev–Trinajstić information content (AvgIpc) is 2.65. The van der Waals surface area contributed by atoms with Crippen molar-refractivity contribution in [3.05, 3.63) is 0 Å². The highest BCUT2D eigenvalue weighted by atomic mass is 32.2. The Balaban J connectivity index is 3.60. The van der Waals surface area contributed by atoms with Gasteiger partial charge in [0, 0.05) is 0 Å². The summed E-state index contributed by atoms with van der Waals surface area (Å²) in [4.78, 5) is 0. The molecule has 0 saturated heterocycles. The Bertz CT molecular complexity index is 434. The first-order valence-electron chi connectivity index (χ1n) is 12.5. The van der Waals surface area contributed by atoms with E-state index in [2.05, 4.69) is 6.92 Å². The minimum absolute atomic E-state index is 0.254. The molecule has 0 heterocycles. The molecule has 29 heavy (non-hydrogen) atoms. The molecule has 0 aliphatic heterocycles.